The summed E-state index contributed by atoms with van der Waals surface area (Å²) < 4.78 is 26.3. The third-order valence-corrected chi connectivity index (χ3v) is 4.72. The second kappa shape index (κ2) is 5.98. The molecule has 0 saturated carbocycles. The first kappa shape index (κ1) is 13.9. The number of nitrogens with one attached hydrogen (secondary N) is 1. The topological polar surface area (TPSA) is 49.4 Å². The highest BCUT2D eigenvalue weighted by Gasteiger charge is 2.31. The van der Waals surface area contributed by atoms with Gasteiger partial charge in [-0.1, -0.05) is 27.2 Å². The molecule has 1 aliphatic rings. The molecule has 1 saturated heterocycles. The standard InChI is InChI=1S/C11H24N2O2S/c1-4-6-7-16(14,15)12-11-9-13(5-2)8-10(11)3/h10-12H,4-9H2,1-3H3/t10-,11+/m0/s1. The van der Waals surface area contributed by atoms with E-state index in [1.807, 2.05) is 6.92 Å². The van der Waals surface area contributed by atoms with Crippen molar-refractivity contribution in [2.45, 2.75) is 39.7 Å². The van der Waals surface area contributed by atoms with E-state index in [4.69, 9.17) is 0 Å². The number of unbranched alkanes of at least 4 members (excludes halogenated alkanes) is 1. The first-order valence-corrected chi connectivity index (χ1v) is 7.86. The molecule has 1 fully saturated rings. The van der Waals surface area contributed by atoms with Gasteiger partial charge >= 0.3 is 0 Å². The predicted molar refractivity (Wildman–Crippen MR) is 66.9 cm³/mol. The van der Waals surface area contributed by atoms with Crippen LogP contribution in [-0.2, 0) is 10.0 Å². The summed E-state index contributed by atoms with van der Waals surface area (Å²) in [5.74, 6) is 0.676. The molecule has 2 atom stereocenters. The van der Waals surface area contributed by atoms with Crippen LogP contribution >= 0.6 is 0 Å². The van der Waals surface area contributed by atoms with Crippen LogP contribution in [0.5, 0.6) is 0 Å². The van der Waals surface area contributed by atoms with Gasteiger partial charge in [-0.25, -0.2) is 13.1 Å². The van der Waals surface area contributed by atoms with E-state index in [2.05, 4.69) is 23.5 Å². The molecule has 0 aromatic carbocycles. The molecular formula is C11H24N2O2S. The molecule has 1 N–H and O–H groups in total. The number of likely N-dealkylation sites (tertiary alicyclic amines) is 1. The summed E-state index contributed by atoms with van der Waals surface area (Å²) in [6.45, 7) is 9.08. The summed E-state index contributed by atoms with van der Waals surface area (Å²) in [5.41, 5.74) is 0. The van der Waals surface area contributed by atoms with Crippen molar-refractivity contribution in [2.75, 3.05) is 25.4 Å². The van der Waals surface area contributed by atoms with Gasteiger partial charge in [0.2, 0.25) is 10.0 Å². The molecule has 1 aliphatic heterocycles. The molecule has 0 aromatic rings. The Morgan fingerprint density at radius 1 is 1.31 bits per heavy atom. The third-order valence-electron chi connectivity index (χ3n) is 3.23. The van der Waals surface area contributed by atoms with E-state index in [-0.39, 0.29) is 11.8 Å². The molecule has 0 unspecified atom stereocenters. The average Bonchev–Trinajstić information content (AvgIpc) is 2.56. The molecular weight excluding hydrogens is 224 g/mol. The maximum atomic E-state index is 11.8. The summed E-state index contributed by atoms with van der Waals surface area (Å²) in [4.78, 5) is 2.29. The molecule has 0 aliphatic carbocycles. The van der Waals surface area contributed by atoms with Gasteiger partial charge in [-0.2, -0.15) is 0 Å². The van der Waals surface area contributed by atoms with Crippen LogP contribution in [0, 0.1) is 5.92 Å². The van der Waals surface area contributed by atoms with E-state index in [0.29, 0.717) is 5.92 Å². The second-order valence-electron chi connectivity index (χ2n) is 4.73. The van der Waals surface area contributed by atoms with Gasteiger partial charge in [0.15, 0.2) is 0 Å². The van der Waals surface area contributed by atoms with Crippen molar-refractivity contribution in [1.82, 2.24) is 9.62 Å². The van der Waals surface area contributed by atoms with Gasteiger partial charge in [0, 0.05) is 19.1 Å². The molecule has 1 rings (SSSR count). The van der Waals surface area contributed by atoms with E-state index >= 15 is 0 Å². The lowest BCUT2D eigenvalue weighted by atomic mass is 10.1. The number of nitrogens with zero attached hydrogens (tertiary/aromatic N) is 1. The molecule has 4 nitrogen and oxygen atoms in total. The minimum Gasteiger partial charge on any atom is -0.302 e. The maximum Gasteiger partial charge on any atom is 0.211 e. The van der Waals surface area contributed by atoms with Crippen LogP contribution in [0.15, 0.2) is 0 Å². The van der Waals surface area contributed by atoms with E-state index in [9.17, 15) is 8.42 Å². The van der Waals surface area contributed by atoms with Gasteiger partial charge in [0.05, 0.1) is 5.75 Å². The SMILES string of the molecule is CCCCS(=O)(=O)N[C@@H]1CN(CC)C[C@@H]1C. The Bertz CT molecular complexity index is 303. The number of rotatable bonds is 6. The lowest BCUT2D eigenvalue weighted by molar-refractivity contribution is 0.344. The third kappa shape index (κ3) is 4.03. The zero-order valence-corrected chi connectivity index (χ0v) is 11.4. The van der Waals surface area contributed by atoms with Gasteiger partial charge in [-0.3, -0.25) is 0 Å². The number of hydrogen-bond acceptors (Lipinski definition) is 3. The van der Waals surface area contributed by atoms with Gasteiger partial charge in [0.1, 0.15) is 0 Å². The second-order valence-corrected chi connectivity index (χ2v) is 6.60. The lowest BCUT2D eigenvalue weighted by Gasteiger charge is -2.16. The monoisotopic (exact) mass is 248 g/mol. The highest BCUT2D eigenvalue weighted by atomic mass is 32.2. The lowest BCUT2D eigenvalue weighted by Crippen LogP contribution is -2.40. The van der Waals surface area contributed by atoms with Crippen LogP contribution in [0.25, 0.3) is 0 Å². The fourth-order valence-electron chi connectivity index (χ4n) is 2.10. The van der Waals surface area contributed by atoms with Crippen molar-refractivity contribution in [3.8, 4) is 0 Å². The largest absolute Gasteiger partial charge is 0.302 e. The maximum absolute atomic E-state index is 11.8. The highest BCUT2D eigenvalue weighted by Crippen LogP contribution is 2.16. The Hall–Kier alpha value is -0.130. The first-order valence-electron chi connectivity index (χ1n) is 6.20. The number of likely N-dealkylation sites (N-methyl/N-ethyl adjacent to an activating group) is 1. The molecule has 0 bridgehead atoms. The van der Waals surface area contributed by atoms with Crippen LogP contribution in [0.3, 0.4) is 0 Å². The van der Waals surface area contributed by atoms with Gasteiger partial charge in [0.25, 0.3) is 0 Å². The average molecular weight is 248 g/mol. The van der Waals surface area contributed by atoms with E-state index < -0.39 is 10.0 Å². The molecule has 0 radical (unpaired) electrons. The molecule has 1 heterocycles. The molecule has 5 heteroatoms. The van der Waals surface area contributed by atoms with Crippen molar-refractivity contribution in [3.63, 3.8) is 0 Å². The van der Waals surface area contributed by atoms with Crippen molar-refractivity contribution >= 4 is 10.0 Å². The molecule has 0 spiro atoms. The molecule has 16 heavy (non-hydrogen) atoms. The summed E-state index contributed by atoms with van der Waals surface area (Å²) in [7, 11) is -3.07. The fourth-order valence-corrected chi connectivity index (χ4v) is 3.66. The predicted octanol–water partition coefficient (Wildman–Crippen LogP) is 1.05. The van der Waals surface area contributed by atoms with Crippen LogP contribution < -0.4 is 4.72 Å². The minimum atomic E-state index is -3.07. The van der Waals surface area contributed by atoms with E-state index in [0.717, 1.165) is 32.5 Å². The van der Waals surface area contributed by atoms with Crippen LogP contribution in [0.2, 0.25) is 0 Å². The van der Waals surface area contributed by atoms with Gasteiger partial charge in [-0.15, -0.1) is 0 Å². The summed E-state index contributed by atoms with van der Waals surface area (Å²) in [6.07, 6.45) is 1.66. The van der Waals surface area contributed by atoms with Crippen LogP contribution in [-0.4, -0.2) is 44.7 Å². The quantitative estimate of drug-likeness (QED) is 0.764. The molecule has 96 valence electrons. The van der Waals surface area contributed by atoms with Gasteiger partial charge in [-0.05, 0) is 18.9 Å². The Morgan fingerprint density at radius 2 is 2.00 bits per heavy atom. The zero-order chi connectivity index (χ0) is 12.2. The van der Waals surface area contributed by atoms with Crippen LogP contribution in [0.1, 0.15) is 33.6 Å². The molecule has 0 aromatic heterocycles. The van der Waals surface area contributed by atoms with E-state index in [1.54, 1.807) is 0 Å². The summed E-state index contributed by atoms with van der Waals surface area (Å²) in [5, 5.41) is 0. The van der Waals surface area contributed by atoms with Crippen molar-refractivity contribution in [1.29, 1.82) is 0 Å². The van der Waals surface area contributed by atoms with Crippen molar-refractivity contribution in [2.24, 2.45) is 5.92 Å². The Morgan fingerprint density at radius 3 is 2.50 bits per heavy atom. The normalized spacial score (nSPS) is 27.4. The van der Waals surface area contributed by atoms with Crippen LogP contribution in [0.4, 0.5) is 0 Å². The zero-order valence-electron chi connectivity index (χ0n) is 10.6. The Balaban J connectivity index is 2.48. The number of sulfonamides is 1. The first-order chi connectivity index (χ1) is 7.48. The highest BCUT2D eigenvalue weighted by molar-refractivity contribution is 7.89. The van der Waals surface area contributed by atoms with Gasteiger partial charge < -0.3 is 4.90 Å². The van der Waals surface area contributed by atoms with Crippen molar-refractivity contribution in [3.05, 3.63) is 0 Å². The summed E-state index contributed by atoms with van der Waals surface area (Å²) >= 11 is 0. The van der Waals surface area contributed by atoms with Crippen molar-refractivity contribution < 1.29 is 8.42 Å². The molecule has 0 amide bonds. The Labute approximate surface area is 99.5 Å². The van der Waals surface area contributed by atoms with E-state index in [1.165, 1.54) is 0 Å². The Kier molecular flexibility index (Phi) is 5.21. The number of hydrogen-bond donors (Lipinski definition) is 1. The minimum absolute atomic E-state index is 0.0989. The smallest absolute Gasteiger partial charge is 0.211 e. The fraction of sp³-hybridized carbons (Fsp3) is 1.00. The summed E-state index contributed by atoms with van der Waals surface area (Å²) in [6, 6.07) is 0.0989.